The number of nitrogens with one attached hydrogen (secondary N) is 2. The lowest BCUT2D eigenvalue weighted by molar-refractivity contribution is 0.0945. The van der Waals surface area contributed by atoms with Crippen LogP contribution >= 0.6 is 0 Å². The molecule has 0 spiro atoms. The minimum Gasteiger partial charge on any atom is -0.376 e. The minimum atomic E-state index is -0.250. The van der Waals surface area contributed by atoms with Gasteiger partial charge in [-0.05, 0) is 42.7 Å². The Bertz CT molecular complexity index is 627. The van der Waals surface area contributed by atoms with Crippen LogP contribution in [-0.2, 0) is 11.3 Å². The SMILES string of the molecule is O=C(NCc1ccncc1)c1ccc(NCC2CCCO2)nn1. The first-order valence-corrected chi connectivity index (χ1v) is 7.67. The van der Waals surface area contributed by atoms with Gasteiger partial charge in [0.25, 0.3) is 5.91 Å². The molecule has 2 aromatic rings. The number of hydrogen-bond acceptors (Lipinski definition) is 6. The summed E-state index contributed by atoms with van der Waals surface area (Å²) >= 11 is 0. The van der Waals surface area contributed by atoms with Crippen LogP contribution in [0.3, 0.4) is 0 Å². The fraction of sp³-hybridized carbons (Fsp3) is 0.375. The molecule has 1 aliphatic rings. The number of hydrogen-bond donors (Lipinski definition) is 2. The van der Waals surface area contributed by atoms with Gasteiger partial charge >= 0.3 is 0 Å². The first-order valence-electron chi connectivity index (χ1n) is 7.67. The summed E-state index contributed by atoms with van der Waals surface area (Å²) in [4.78, 5) is 16.0. The predicted molar refractivity (Wildman–Crippen MR) is 84.9 cm³/mol. The second kappa shape index (κ2) is 7.64. The molecule has 0 radical (unpaired) electrons. The molecule has 1 unspecified atom stereocenters. The number of ether oxygens (including phenoxy) is 1. The van der Waals surface area contributed by atoms with Crippen LogP contribution in [-0.4, -0.2) is 40.3 Å². The molecule has 0 aliphatic carbocycles. The van der Waals surface area contributed by atoms with Crippen molar-refractivity contribution in [3.8, 4) is 0 Å². The summed E-state index contributed by atoms with van der Waals surface area (Å²) < 4.78 is 5.53. The van der Waals surface area contributed by atoms with E-state index in [1.165, 1.54) is 0 Å². The van der Waals surface area contributed by atoms with Gasteiger partial charge in [0.2, 0.25) is 0 Å². The van der Waals surface area contributed by atoms with Crippen molar-refractivity contribution in [2.24, 2.45) is 0 Å². The number of nitrogens with zero attached hydrogens (tertiary/aromatic N) is 3. The summed E-state index contributed by atoms with van der Waals surface area (Å²) in [6, 6.07) is 7.12. The van der Waals surface area contributed by atoms with Crippen LogP contribution in [0.15, 0.2) is 36.7 Å². The van der Waals surface area contributed by atoms with Crippen LogP contribution in [0.25, 0.3) is 0 Å². The largest absolute Gasteiger partial charge is 0.376 e. The monoisotopic (exact) mass is 313 g/mol. The molecule has 3 heterocycles. The third-order valence-electron chi connectivity index (χ3n) is 3.63. The summed E-state index contributed by atoms with van der Waals surface area (Å²) in [6.45, 7) is 1.97. The number of amides is 1. The zero-order chi connectivity index (χ0) is 15.9. The van der Waals surface area contributed by atoms with E-state index in [2.05, 4.69) is 25.8 Å². The molecular weight excluding hydrogens is 294 g/mol. The van der Waals surface area contributed by atoms with Crippen LogP contribution in [0.1, 0.15) is 28.9 Å². The Balaban J connectivity index is 1.48. The van der Waals surface area contributed by atoms with Crippen molar-refractivity contribution in [2.45, 2.75) is 25.5 Å². The summed E-state index contributed by atoms with van der Waals surface area (Å²) in [6.07, 6.45) is 5.79. The predicted octanol–water partition coefficient (Wildman–Crippen LogP) is 1.39. The van der Waals surface area contributed by atoms with Crippen molar-refractivity contribution in [3.05, 3.63) is 47.9 Å². The van der Waals surface area contributed by atoms with Gasteiger partial charge in [0.1, 0.15) is 5.82 Å². The van der Waals surface area contributed by atoms with E-state index in [0.29, 0.717) is 24.6 Å². The van der Waals surface area contributed by atoms with Crippen LogP contribution in [0.4, 0.5) is 5.82 Å². The van der Waals surface area contributed by atoms with Gasteiger partial charge in [0.05, 0.1) is 6.10 Å². The van der Waals surface area contributed by atoms with Gasteiger partial charge in [0.15, 0.2) is 5.69 Å². The van der Waals surface area contributed by atoms with Gasteiger partial charge in [-0.2, -0.15) is 0 Å². The Hall–Kier alpha value is -2.54. The molecule has 0 saturated carbocycles. The highest BCUT2D eigenvalue weighted by molar-refractivity contribution is 5.92. The smallest absolute Gasteiger partial charge is 0.272 e. The molecule has 1 aliphatic heterocycles. The van der Waals surface area contributed by atoms with E-state index in [4.69, 9.17) is 4.74 Å². The molecule has 1 atom stereocenters. The Morgan fingerprint density at radius 2 is 2.09 bits per heavy atom. The van der Waals surface area contributed by atoms with Crippen molar-refractivity contribution in [1.29, 1.82) is 0 Å². The molecule has 7 nitrogen and oxygen atoms in total. The lowest BCUT2D eigenvalue weighted by atomic mass is 10.2. The fourth-order valence-corrected chi connectivity index (χ4v) is 2.34. The maximum absolute atomic E-state index is 12.0. The fourth-order valence-electron chi connectivity index (χ4n) is 2.34. The molecule has 1 fully saturated rings. The number of rotatable bonds is 6. The lowest BCUT2D eigenvalue weighted by Crippen LogP contribution is -2.24. The Morgan fingerprint density at radius 3 is 2.78 bits per heavy atom. The van der Waals surface area contributed by atoms with Gasteiger partial charge in [-0.15, -0.1) is 10.2 Å². The number of carbonyl (C=O) groups is 1. The van der Waals surface area contributed by atoms with E-state index >= 15 is 0 Å². The van der Waals surface area contributed by atoms with Crippen molar-refractivity contribution in [3.63, 3.8) is 0 Å². The van der Waals surface area contributed by atoms with E-state index in [1.807, 2.05) is 12.1 Å². The first kappa shape index (κ1) is 15.4. The maximum atomic E-state index is 12.0. The standard InChI is InChI=1S/C16H19N5O2/c22-16(19-10-12-5-7-17-8-6-12)14-3-4-15(21-20-14)18-11-13-2-1-9-23-13/h3-8,13H,1-2,9-11H2,(H,18,21)(H,19,22). The number of anilines is 1. The normalized spacial score (nSPS) is 17.0. The molecule has 1 amide bonds. The zero-order valence-corrected chi connectivity index (χ0v) is 12.7. The Labute approximate surface area is 134 Å². The highest BCUT2D eigenvalue weighted by atomic mass is 16.5. The minimum absolute atomic E-state index is 0.236. The van der Waals surface area contributed by atoms with Crippen LogP contribution in [0.5, 0.6) is 0 Å². The quantitative estimate of drug-likeness (QED) is 0.838. The number of aromatic nitrogens is 3. The van der Waals surface area contributed by atoms with E-state index in [9.17, 15) is 4.79 Å². The molecule has 2 N–H and O–H groups in total. The van der Waals surface area contributed by atoms with E-state index in [-0.39, 0.29) is 12.0 Å². The molecule has 1 saturated heterocycles. The molecule has 7 heteroatoms. The average Bonchev–Trinajstić information content (AvgIpc) is 3.13. The van der Waals surface area contributed by atoms with E-state index in [1.54, 1.807) is 24.5 Å². The van der Waals surface area contributed by atoms with Gasteiger partial charge < -0.3 is 15.4 Å². The summed E-state index contributed by atoms with van der Waals surface area (Å²) in [7, 11) is 0. The highest BCUT2D eigenvalue weighted by Crippen LogP contribution is 2.12. The van der Waals surface area contributed by atoms with Crippen molar-refractivity contribution < 1.29 is 9.53 Å². The van der Waals surface area contributed by atoms with Gasteiger partial charge in [-0.1, -0.05) is 0 Å². The topological polar surface area (TPSA) is 89.0 Å². The number of pyridine rings is 1. The Kier molecular flexibility index (Phi) is 5.10. The maximum Gasteiger partial charge on any atom is 0.272 e. The van der Waals surface area contributed by atoms with E-state index in [0.717, 1.165) is 25.0 Å². The van der Waals surface area contributed by atoms with Gasteiger partial charge in [-0.25, -0.2) is 0 Å². The van der Waals surface area contributed by atoms with Gasteiger partial charge in [-0.3, -0.25) is 9.78 Å². The first-order chi connectivity index (χ1) is 11.3. The zero-order valence-electron chi connectivity index (χ0n) is 12.7. The van der Waals surface area contributed by atoms with Crippen LogP contribution < -0.4 is 10.6 Å². The van der Waals surface area contributed by atoms with Gasteiger partial charge in [0, 0.05) is 32.1 Å². The van der Waals surface area contributed by atoms with E-state index < -0.39 is 0 Å². The summed E-state index contributed by atoms with van der Waals surface area (Å²) in [5.41, 5.74) is 1.28. The molecule has 2 aromatic heterocycles. The third-order valence-corrected chi connectivity index (χ3v) is 3.63. The molecule has 0 bridgehead atoms. The molecule has 23 heavy (non-hydrogen) atoms. The molecule has 3 rings (SSSR count). The second-order valence-corrected chi connectivity index (χ2v) is 5.36. The second-order valence-electron chi connectivity index (χ2n) is 5.36. The summed E-state index contributed by atoms with van der Waals surface area (Å²) in [5, 5.41) is 14.0. The highest BCUT2D eigenvalue weighted by Gasteiger charge is 2.15. The molecule has 0 aromatic carbocycles. The third kappa shape index (κ3) is 4.46. The van der Waals surface area contributed by atoms with Crippen molar-refractivity contribution in [2.75, 3.05) is 18.5 Å². The lowest BCUT2D eigenvalue weighted by Gasteiger charge is -2.10. The Morgan fingerprint density at radius 1 is 1.22 bits per heavy atom. The molecular formula is C16H19N5O2. The van der Waals surface area contributed by atoms with Crippen LogP contribution in [0, 0.1) is 0 Å². The summed E-state index contributed by atoms with van der Waals surface area (Å²) in [5.74, 6) is 0.395. The number of carbonyl (C=O) groups excluding carboxylic acids is 1. The average molecular weight is 313 g/mol. The van der Waals surface area contributed by atoms with Crippen molar-refractivity contribution >= 4 is 11.7 Å². The van der Waals surface area contributed by atoms with Crippen molar-refractivity contribution in [1.82, 2.24) is 20.5 Å². The van der Waals surface area contributed by atoms with Crippen LogP contribution in [0.2, 0.25) is 0 Å². The molecule has 120 valence electrons.